The summed E-state index contributed by atoms with van der Waals surface area (Å²) in [6, 6.07) is 18.7. The number of alkyl halides is 1. The summed E-state index contributed by atoms with van der Waals surface area (Å²) in [5.74, 6) is -2.02. The number of carbonyl (C=O) groups excluding carboxylic acids is 3. The van der Waals surface area contributed by atoms with Gasteiger partial charge in [-0.2, -0.15) is 0 Å². The molecule has 2 aromatic rings. The number of carbonyl (C=O) groups is 3. The number of likely N-dealkylation sites (tertiary alicyclic amines) is 1. The van der Waals surface area contributed by atoms with Gasteiger partial charge in [0, 0.05) is 44.2 Å². The molecule has 3 heterocycles. The standard InChI is InChI=1S/C36H44BrN3O5/c1-3-19-38(24-26-15-9-7-10-16-26)33(42)29-30-34(43)40(21-13-5-6-14-22-41)32(36(30)23-28(37)31(29)45-36)35(44)39(20-4-2)25-27-17-11-8-12-18-27/h3-4,7-12,15-18,28-32,41H,1-2,5-6,13-14,19-25H2/t28?,29-,30+,31-,32?,36?/m1/s1. The highest BCUT2D eigenvalue weighted by atomic mass is 79.9. The highest BCUT2D eigenvalue weighted by Gasteiger charge is 2.76. The number of halogens is 1. The molecule has 2 bridgehead atoms. The molecule has 8 nitrogen and oxygen atoms in total. The fourth-order valence-electron chi connectivity index (χ4n) is 7.45. The summed E-state index contributed by atoms with van der Waals surface area (Å²) in [4.78, 5) is 48.6. The minimum atomic E-state index is -1.12. The van der Waals surface area contributed by atoms with Crippen LogP contribution in [0.15, 0.2) is 86.0 Å². The van der Waals surface area contributed by atoms with Crippen LogP contribution in [-0.2, 0) is 32.2 Å². The van der Waals surface area contributed by atoms with Gasteiger partial charge in [0.15, 0.2) is 0 Å². The first-order chi connectivity index (χ1) is 21.9. The lowest BCUT2D eigenvalue weighted by Gasteiger charge is -2.37. The van der Waals surface area contributed by atoms with Crippen molar-refractivity contribution in [3.8, 4) is 0 Å². The second kappa shape index (κ2) is 14.9. The highest BCUT2D eigenvalue weighted by molar-refractivity contribution is 9.09. The van der Waals surface area contributed by atoms with Crippen molar-refractivity contribution < 1.29 is 24.2 Å². The van der Waals surface area contributed by atoms with E-state index in [1.165, 1.54) is 0 Å². The van der Waals surface area contributed by atoms with Gasteiger partial charge in [0.2, 0.25) is 17.7 Å². The second-order valence-electron chi connectivity index (χ2n) is 12.3. The number of aliphatic hydroxyl groups is 1. The van der Waals surface area contributed by atoms with Crippen molar-refractivity contribution in [3.63, 3.8) is 0 Å². The Bertz CT molecular complexity index is 1360. The van der Waals surface area contributed by atoms with Crippen LogP contribution in [0, 0.1) is 11.8 Å². The molecule has 9 heteroatoms. The van der Waals surface area contributed by atoms with E-state index in [4.69, 9.17) is 4.74 Å². The zero-order valence-electron chi connectivity index (χ0n) is 25.8. The van der Waals surface area contributed by atoms with Crippen LogP contribution in [0.4, 0.5) is 0 Å². The molecular formula is C36H44BrN3O5. The molecule has 2 aromatic carbocycles. The third-order valence-electron chi connectivity index (χ3n) is 9.37. The fraction of sp³-hybridized carbons (Fsp3) is 0.472. The molecule has 0 aliphatic carbocycles. The van der Waals surface area contributed by atoms with E-state index in [2.05, 4.69) is 29.1 Å². The number of benzene rings is 2. The fourth-order valence-corrected chi connectivity index (χ4v) is 8.39. The number of ether oxygens (including phenoxy) is 1. The largest absolute Gasteiger partial charge is 0.396 e. The SMILES string of the molecule is C=CCN(Cc1ccccc1)C(=O)C1N(CCCCCCO)C(=O)[C@@H]2[C@@H](C(=O)N(CC=C)Cc3ccccc3)[C@@H]3OC12CC3Br. The predicted octanol–water partition coefficient (Wildman–Crippen LogP) is 4.72. The van der Waals surface area contributed by atoms with Crippen molar-refractivity contribution in [3.05, 3.63) is 97.1 Å². The van der Waals surface area contributed by atoms with E-state index in [1.54, 1.807) is 26.9 Å². The maximum Gasteiger partial charge on any atom is 0.248 e. The first-order valence-electron chi connectivity index (χ1n) is 16.0. The minimum absolute atomic E-state index is 0.126. The van der Waals surface area contributed by atoms with Crippen molar-refractivity contribution in [2.24, 2.45) is 11.8 Å². The van der Waals surface area contributed by atoms with E-state index in [0.717, 1.165) is 24.0 Å². The summed E-state index contributed by atoms with van der Waals surface area (Å²) in [5.41, 5.74) is 0.838. The first kappa shape index (κ1) is 33.1. The number of aliphatic hydroxyl groups excluding tert-OH is 1. The van der Waals surface area contributed by atoms with Gasteiger partial charge < -0.3 is 24.5 Å². The van der Waals surface area contributed by atoms with Crippen LogP contribution in [0.5, 0.6) is 0 Å². The smallest absolute Gasteiger partial charge is 0.248 e. The van der Waals surface area contributed by atoms with E-state index in [0.29, 0.717) is 52.0 Å². The van der Waals surface area contributed by atoms with E-state index in [1.807, 2.05) is 60.7 Å². The number of fused-ring (bicyclic) bond motifs is 1. The van der Waals surface area contributed by atoms with Gasteiger partial charge in [-0.05, 0) is 30.4 Å². The Labute approximate surface area is 274 Å². The summed E-state index contributed by atoms with van der Waals surface area (Å²) in [6.07, 6.45) is 6.38. The zero-order chi connectivity index (χ0) is 32.0. The van der Waals surface area contributed by atoms with Gasteiger partial charge >= 0.3 is 0 Å². The number of rotatable bonds is 16. The van der Waals surface area contributed by atoms with Crippen molar-refractivity contribution in [1.29, 1.82) is 0 Å². The molecule has 3 aliphatic rings. The molecule has 3 unspecified atom stereocenters. The Morgan fingerprint density at radius 1 is 0.911 bits per heavy atom. The van der Waals surface area contributed by atoms with E-state index >= 15 is 0 Å². The van der Waals surface area contributed by atoms with Crippen LogP contribution in [0.25, 0.3) is 0 Å². The van der Waals surface area contributed by atoms with Crippen molar-refractivity contribution in [1.82, 2.24) is 14.7 Å². The molecular weight excluding hydrogens is 634 g/mol. The van der Waals surface area contributed by atoms with Gasteiger partial charge in [0.1, 0.15) is 11.6 Å². The molecule has 0 radical (unpaired) electrons. The van der Waals surface area contributed by atoms with Gasteiger partial charge in [-0.15, -0.1) is 13.2 Å². The second-order valence-corrected chi connectivity index (χ2v) is 13.5. The summed E-state index contributed by atoms with van der Waals surface area (Å²) in [5, 5.41) is 9.24. The van der Waals surface area contributed by atoms with E-state index < -0.39 is 29.6 Å². The quantitative estimate of drug-likeness (QED) is 0.158. The van der Waals surface area contributed by atoms with E-state index in [9.17, 15) is 19.5 Å². The molecule has 1 spiro atoms. The van der Waals surface area contributed by atoms with Gasteiger partial charge in [-0.3, -0.25) is 14.4 Å². The molecule has 240 valence electrons. The molecule has 3 fully saturated rings. The monoisotopic (exact) mass is 677 g/mol. The highest BCUT2D eigenvalue weighted by Crippen LogP contribution is 2.60. The van der Waals surface area contributed by atoms with Crippen molar-refractivity contribution in [2.45, 2.75) is 67.8 Å². The average molecular weight is 679 g/mol. The van der Waals surface area contributed by atoms with Crippen LogP contribution in [-0.4, -0.2) is 86.3 Å². The summed E-state index contributed by atoms with van der Waals surface area (Å²) < 4.78 is 6.78. The Morgan fingerprint density at radius 3 is 2.02 bits per heavy atom. The Morgan fingerprint density at radius 2 is 1.47 bits per heavy atom. The molecule has 1 N–H and O–H groups in total. The Kier molecular flexibility index (Phi) is 10.9. The predicted molar refractivity (Wildman–Crippen MR) is 177 cm³/mol. The molecule has 0 aromatic heterocycles. The Balaban J connectivity index is 1.49. The molecule has 6 atom stereocenters. The van der Waals surface area contributed by atoms with Gasteiger partial charge in [0.25, 0.3) is 0 Å². The van der Waals surface area contributed by atoms with Crippen LogP contribution >= 0.6 is 15.9 Å². The lowest BCUT2D eigenvalue weighted by atomic mass is 9.70. The van der Waals surface area contributed by atoms with Crippen molar-refractivity contribution >= 4 is 33.7 Å². The zero-order valence-corrected chi connectivity index (χ0v) is 27.4. The lowest BCUT2D eigenvalue weighted by molar-refractivity contribution is -0.149. The number of hydrogen-bond acceptors (Lipinski definition) is 5. The maximum absolute atomic E-state index is 14.7. The summed E-state index contributed by atoms with van der Waals surface area (Å²) in [6.45, 7) is 9.70. The minimum Gasteiger partial charge on any atom is -0.396 e. The van der Waals surface area contributed by atoms with Crippen LogP contribution < -0.4 is 0 Å². The molecule has 3 aliphatic heterocycles. The molecule has 5 rings (SSSR count). The molecule has 0 saturated carbocycles. The summed E-state index contributed by atoms with van der Waals surface area (Å²) in [7, 11) is 0. The van der Waals surface area contributed by atoms with Crippen LogP contribution in [0.3, 0.4) is 0 Å². The molecule has 45 heavy (non-hydrogen) atoms. The maximum atomic E-state index is 14.7. The van der Waals surface area contributed by atoms with Crippen LogP contribution in [0.2, 0.25) is 0 Å². The summed E-state index contributed by atoms with van der Waals surface area (Å²) >= 11 is 3.80. The third-order valence-corrected chi connectivity index (χ3v) is 10.2. The number of hydrogen-bond donors (Lipinski definition) is 1. The van der Waals surface area contributed by atoms with Gasteiger partial charge in [-0.1, -0.05) is 102 Å². The lowest BCUT2D eigenvalue weighted by Crippen LogP contribution is -2.57. The average Bonchev–Trinajstić information content (AvgIpc) is 3.64. The van der Waals surface area contributed by atoms with Gasteiger partial charge in [0.05, 0.1) is 17.9 Å². The molecule has 3 saturated heterocycles. The van der Waals surface area contributed by atoms with Crippen molar-refractivity contribution in [2.75, 3.05) is 26.2 Å². The van der Waals surface area contributed by atoms with Crippen LogP contribution in [0.1, 0.15) is 43.2 Å². The molecule has 3 amide bonds. The Hall–Kier alpha value is -3.27. The number of amides is 3. The normalized spacial score (nSPS) is 26.5. The van der Waals surface area contributed by atoms with Gasteiger partial charge in [-0.25, -0.2) is 0 Å². The third kappa shape index (κ3) is 6.67. The first-order valence-corrected chi connectivity index (χ1v) is 16.9. The number of unbranched alkanes of at least 4 members (excludes halogenated alkanes) is 3. The number of nitrogens with zero attached hydrogens (tertiary/aromatic N) is 3. The van der Waals surface area contributed by atoms with E-state index in [-0.39, 0.29) is 29.2 Å². The topological polar surface area (TPSA) is 90.4 Å².